The summed E-state index contributed by atoms with van der Waals surface area (Å²) < 4.78 is 5.61. The van der Waals surface area contributed by atoms with Crippen LogP contribution < -0.4 is 4.43 Å². The summed E-state index contributed by atoms with van der Waals surface area (Å²) in [6.45, 7) is 6.41. The molecule has 2 heteroatoms. The van der Waals surface area contributed by atoms with Gasteiger partial charge in [0.25, 0.3) is 0 Å². The Morgan fingerprint density at radius 3 is 2.62 bits per heavy atom. The van der Waals surface area contributed by atoms with E-state index in [1.54, 1.807) is 0 Å². The highest BCUT2D eigenvalue weighted by Crippen LogP contribution is 2.16. The van der Waals surface area contributed by atoms with Gasteiger partial charge in [-0.3, -0.25) is 0 Å². The molecule has 0 atom stereocenters. The van der Waals surface area contributed by atoms with Crippen molar-refractivity contribution in [1.29, 1.82) is 0 Å². The van der Waals surface area contributed by atoms with Gasteiger partial charge in [-0.1, -0.05) is 19.4 Å². The fourth-order valence-electron chi connectivity index (χ4n) is 1.01. The van der Waals surface area contributed by atoms with Crippen LogP contribution in [0.25, 0.3) is 0 Å². The van der Waals surface area contributed by atoms with Gasteiger partial charge < -0.3 is 4.43 Å². The fourth-order valence-corrected chi connectivity index (χ4v) is 1.61. The average molecular weight is 192 g/mol. The van der Waals surface area contributed by atoms with Crippen LogP contribution in [0.5, 0.6) is 5.75 Å². The summed E-state index contributed by atoms with van der Waals surface area (Å²) >= 11 is 0. The predicted octanol–water partition coefficient (Wildman–Crippen LogP) is 3.13. The molecule has 0 fully saturated rings. The third kappa shape index (κ3) is 3.23. The van der Waals surface area contributed by atoms with E-state index >= 15 is 0 Å². The maximum atomic E-state index is 5.61. The lowest BCUT2D eigenvalue weighted by molar-refractivity contribution is 0.589. The van der Waals surface area contributed by atoms with Gasteiger partial charge in [0.1, 0.15) is 5.75 Å². The van der Waals surface area contributed by atoms with Gasteiger partial charge in [-0.2, -0.15) is 0 Å². The Labute approximate surface area is 83.1 Å². The van der Waals surface area contributed by atoms with Gasteiger partial charge in [-0.25, -0.2) is 0 Å². The molecule has 1 aromatic carbocycles. The van der Waals surface area contributed by atoms with E-state index in [9.17, 15) is 0 Å². The third-order valence-electron chi connectivity index (χ3n) is 2.02. The smallest absolute Gasteiger partial charge is 0.310 e. The first-order chi connectivity index (χ1) is 6.24. The van der Waals surface area contributed by atoms with Crippen molar-refractivity contribution in [3.63, 3.8) is 0 Å². The summed E-state index contributed by atoms with van der Waals surface area (Å²) in [5.41, 5.74) is 2.63. The molecule has 0 aromatic heterocycles. The van der Waals surface area contributed by atoms with Gasteiger partial charge in [0, 0.05) is 0 Å². The highest BCUT2D eigenvalue weighted by molar-refractivity contribution is 6.28. The van der Waals surface area contributed by atoms with Crippen molar-refractivity contribution in [3.05, 3.63) is 29.3 Å². The van der Waals surface area contributed by atoms with Gasteiger partial charge in [0.05, 0.1) is 0 Å². The third-order valence-corrected chi connectivity index (χ3v) is 3.10. The van der Waals surface area contributed by atoms with E-state index in [0.29, 0.717) is 9.76 Å². The number of benzene rings is 1. The monoisotopic (exact) mass is 192 g/mol. The zero-order valence-electron chi connectivity index (χ0n) is 8.55. The second kappa shape index (κ2) is 5.07. The van der Waals surface area contributed by atoms with E-state index < -0.39 is 0 Å². The summed E-state index contributed by atoms with van der Waals surface area (Å²) in [6.07, 6.45) is 1.20. The summed E-state index contributed by atoms with van der Waals surface area (Å²) in [5, 5.41) is 0. The Kier molecular flexibility index (Phi) is 4.03. The SMILES string of the molecule is CCC[Si]Oc1ccc(C)c(C)c1. The second-order valence-corrected chi connectivity index (χ2v) is 4.24. The molecular weight excluding hydrogens is 176 g/mol. The Bertz CT molecular complexity index is 271. The van der Waals surface area contributed by atoms with Gasteiger partial charge in [0.15, 0.2) is 0 Å². The molecular formula is C11H16OSi. The highest BCUT2D eigenvalue weighted by atomic mass is 28.2. The van der Waals surface area contributed by atoms with E-state index in [2.05, 4.69) is 32.9 Å². The van der Waals surface area contributed by atoms with Gasteiger partial charge in [-0.15, -0.1) is 0 Å². The molecule has 70 valence electrons. The van der Waals surface area contributed by atoms with E-state index in [0.717, 1.165) is 11.8 Å². The van der Waals surface area contributed by atoms with E-state index in [1.165, 1.54) is 17.5 Å². The lowest BCUT2D eigenvalue weighted by Crippen LogP contribution is -2.00. The standard InChI is InChI=1S/C11H16OSi/c1-4-7-13-12-11-6-5-9(2)10(3)8-11/h5-6,8H,4,7H2,1-3H3. The normalized spacial score (nSPS) is 10.1. The van der Waals surface area contributed by atoms with Crippen molar-refractivity contribution in [2.75, 3.05) is 0 Å². The zero-order chi connectivity index (χ0) is 9.68. The van der Waals surface area contributed by atoms with Crippen molar-refractivity contribution in [1.82, 2.24) is 0 Å². The van der Waals surface area contributed by atoms with E-state index in [-0.39, 0.29) is 0 Å². The quantitative estimate of drug-likeness (QED) is 0.526. The first kappa shape index (κ1) is 10.3. The predicted molar refractivity (Wildman–Crippen MR) is 57.4 cm³/mol. The van der Waals surface area contributed by atoms with Crippen LogP contribution in [0.1, 0.15) is 24.5 Å². The number of hydrogen-bond donors (Lipinski definition) is 0. The van der Waals surface area contributed by atoms with Crippen LogP contribution in [0.2, 0.25) is 6.04 Å². The molecule has 0 aliphatic heterocycles. The maximum Gasteiger partial charge on any atom is 0.310 e. The van der Waals surface area contributed by atoms with Crippen molar-refractivity contribution < 1.29 is 4.43 Å². The summed E-state index contributed by atoms with van der Waals surface area (Å²) in [7, 11) is 0.603. The molecule has 1 aromatic rings. The topological polar surface area (TPSA) is 9.23 Å². The minimum atomic E-state index is 0.603. The first-order valence-electron chi connectivity index (χ1n) is 4.71. The van der Waals surface area contributed by atoms with Crippen LogP contribution in [0.3, 0.4) is 0 Å². The number of aryl methyl sites for hydroxylation is 2. The maximum absolute atomic E-state index is 5.61. The van der Waals surface area contributed by atoms with Crippen molar-refractivity contribution >= 4 is 9.76 Å². The van der Waals surface area contributed by atoms with Gasteiger partial charge >= 0.3 is 9.76 Å². The molecule has 0 saturated heterocycles. The molecule has 0 saturated carbocycles. The molecule has 0 N–H and O–H groups in total. The molecule has 0 aliphatic rings. The molecule has 0 amide bonds. The number of rotatable bonds is 4. The molecule has 13 heavy (non-hydrogen) atoms. The van der Waals surface area contributed by atoms with Crippen LogP contribution in [0.4, 0.5) is 0 Å². The largest absolute Gasteiger partial charge is 0.541 e. The van der Waals surface area contributed by atoms with Crippen LogP contribution in [-0.4, -0.2) is 9.76 Å². The van der Waals surface area contributed by atoms with Crippen LogP contribution in [-0.2, 0) is 0 Å². The summed E-state index contributed by atoms with van der Waals surface area (Å²) in [4.78, 5) is 0. The number of hydrogen-bond acceptors (Lipinski definition) is 1. The van der Waals surface area contributed by atoms with Crippen molar-refractivity contribution in [2.24, 2.45) is 0 Å². The minimum Gasteiger partial charge on any atom is -0.541 e. The van der Waals surface area contributed by atoms with Gasteiger partial charge in [-0.05, 0) is 43.2 Å². The fraction of sp³-hybridized carbons (Fsp3) is 0.455. The Balaban J connectivity index is 2.53. The Hall–Kier alpha value is -0.763. The van der Waals surface area contributed by atoms with Crippen LogP contribution in [0.15, 0.2) is 18.2 Å². The van der Waals surface area contributed by atoms with Crippen LogP contribution >= 0.6 is 0 Å². The van der Waals surface area contributed by atoms with Crippen molar-refractivity contribution in [2.45, 2.75) is 33.2 Å². The summed E-state index contributed by atoms with van der Waals surface area (Å²) in [5.74, 6) is 1.01. The molecule has 0 bridgehead atoms. The molecule has 0 unspecified atom stereocenters. The zero-order valence-corrected chi connectivity index (χ0v) is 9.55. The molecule has 1 rings (SSSR count). The van der Waals surface area contributed by atoms with E-state index in [1.807, 2.05) is 6.07 Å². The average Bonchev–Trinajstić information content (AvgIpc) is 2.12. The Morgan fingerprint density at radius 2 is 2.00 bits per heavy atom. The molecule has 1 nitrogen and oxygen atoms in total. The highest BCUT2D eigenvalue weighted by Gasteiger charge is 1.97. The Morgan fingerprint density at radius 1 is 1.23 bits per heavy atom. The minimum absolute atomic E-state index is 0.603. The first-order valence-corrected chi connectivity index (χ1v) is 5.82. The molecule has 0 aliphatic carbocycles. The second-order valence-electron chi connectivity index (χ2n) is 3.24. The van der Waals surface area contributed by atoms with Crippen LogP contribution in [0, 0.1) is 13.8 Å². The van der Waals surface area contributed by atoms with Gasteiger partial charge in [0.2, 0.25) is 0 Å². The molecule has 0 spiro atoms. The van der Waals surface area contributed by atoms with Crippen molar-refractivity contribution in [3.8, 4) is 5.75 Å². The lowest BCUT2D eigenvalue weighted by Gasteiger charge is -2.06. The van der Waals surface area contributed by atoms with E-state index in [4.69, 9.17) is 4.43 Å². The molecule has 2 radical (unpaired) electrons. The summed E-state index contributed by atoms with van der Waals surface area (Å²) in [6, 6.07) is 7.43. The lowest BCUT2D eigenvalue weighted by atomic mass is 10.1. The molecule has 0 heterocycles.